The average Bonchev–Trinajstić information content (AvgIpc) is 3.11. The van der Waals surface area contributed by atoms with Crippen LogP contribution in [0.25, 0.3) is 0 Å². The summed E-state index contributed by atoms with van der Waals surface area (Å²) < 4.78 is 10.6. The molecule has 2 N–H and O–H groups in total. The van der Waals surface area contributed by atoms with Gasteiger partial charge in [0.05, 0.1) is 11.5 Å². The highest BCUT2D eigenvalue weighted by atomic mass is 32.1. The third kappa shape index (κ3) is 5.39. The molecule has 2 aromatic rings. The lowest BCUT2D eigenvalue weighted by atomic mass is 10.2. The number of ether oxygens (including phenoxy) is 2. The minimum atomic E-state index is -0.393. The number of rotatable bonds is 7. The predicted octanol–water partition coefficient (Wildman–Crippen LogP) is 2.24. The monoisotopic (exact) mass is 334 g/mol. The van der Waals surface area contributed by atoms with Gasteiger partial charge in [-0.05, 0) is 42.6 Å². The quantitative estimate of drug-likeness (QED) is 0.601. The topological polar surface area (TPSA) is 76.7 Å². The second-order valence-electron chi connectivity index (χ2n) is 4.46. The van der Waals surface area contributed by atoms with E-state index in [9.17, 15) is 9.59 Å². The van der Waals surface area contributed by atoms with Gasteiger partial charge < -0.3 is 9.47 Å². The maximum Gasteiger partial charge on any atom is 0.279 e. The Morgan fingerprint density at radius 2 is 1.78 bits per heavy atom. The van der Waals surface area contributed by atoms with Gasteiger partial charge in [0.2, 0.25) is 0 Å². The van der Waals surface area contributed by atoms with Crippen molar-refractivity contribution in [3.8, 4) is 5.75 Å². The zero-order valence-electron chi connectivity index (χ0n) is 12.7. The van der Waals surface area contributed by atoms with E-state index in [1.54, 1.807) is 41.8 Å². The molecular formula is C16H18N2O4S. The lowest BCUT2D eigenvalue weighted by Gasteiger charge is -2.08. The van der Waals surface area contributed by atoms with Crippen molar-refractivity contribution in [1.82, 2.24) is 10.9 Å². The molecule has 0 saturated carbocycles. The first-order valence-corrected chi connectivity index (χ1v) is 8.03. The number of carbonyl (C=O) groups is 2. The van der Waals surface area contributed by atoms with Crippen molar-refractivity contribution in [1.29, 1.82) is 0 Å². The van der Waals surface area contributed by atoms with Crippen molar-refractivity contribution in [2.75, 3.05) is 19.8 Å². The number of nitrogens with one attached hydrogen (secondary N) is 2. The van der Waals surface area contributed by atoms with Crippen molar-refractivity contribution < 1.29 is 19.1 Å². The molecule has 0 spiro atoms. The second kappa shape index (κ2) is 8.92. The number of hydrogen-bond donors (Lipinski definition) is 2. The van der Waals surface area contributed by atoms with E-state index in [0.717, 1.165) is 0 Å². The third-order valence-corrected chi connectivity index (χ3v) is 3.72. The lowest BCUT2D eigenvalue weighted by Crippen LogP contribution is -2.41. The van der Waals surface area contributed by atoms with Crippen LogP contribution in [0.4, 0.5) is 0 Å². The number of hydrazine groups is 1. The van der Waals surface area contributed by atoms with Crippen molar-refractivity contribution in [2.45, 2.75) is 6.92 Å². The van der Waals surface area contributed by atoms with E-state index in [2.05, 4.69) is 10.9 Å². The number of carbonyl (C=O) groups excluding carboxylic acids is 2. The van der Waals surface area contributed by atoms with Crippen LogP contribution in [0, 0.1) is 0 Å². The molecule has 0 fully saturated rings. The van der Waals surface area contributed by atoms with Crippen LogP contribution in [0.15, 0.2) is 41.8 Å². The fraction of sp³-hybridized carbons (Fsp3) is 0.250. The summed E-state index contributed by atoms with van der Waals surface area (Å²) in [6, 6.07) is 10.1. The van der Waals surface area contributed by atoms with Crippen LogP contribution in [0.3, 0.4) is 0 Å². The van der Waals surface area contributed by atoms with Crippen molar-refractivity contribution in [3.05, 3.63) is 52.2 Å². The van der Waals surface area contributed by atoms with Gasteiger partial charge in [0, 0.05) is 12.2 Å². The average molecular weight is 334 g/mol. The van der Waals surface area contributed by atoms with Gasteiger partial charge in [-0.2, -0.15) is 0 Å². The van der Waals surface area contributed by atoms with Gasteiger partial charge in [-0.15, -0.1) is 11.3 Å². The summed E-state index contributed by atoms with van der Waals surface area (Å²) in [5.41, 5.74) is 5.17. The fourth-order valence-corrected chi connectivity index (χ4v) is 2.34. The molecule has 1 heterocycles. The summed E-state index contributed by atoms with van der Waals surface area (Å²) >= 11 is 1.30. The van der Waals surface area contributed by atoms with E-state index in [1.165, 1.54) is 11.3 Å². The summed E-state index contributed by atoms with van der Waals surface area (Å²) in [7, 11) is 0. The minimum Gasteiger partial charge on any atom is -0.491 e. The summed E-state index contributed by atoms with van der Waals surface area (Å²) in [5.74, 6) is -0.0797. The molecule has 2 rings (SSSR count). The van der Waals surface area contributed by atoms with E-state index >= 15 is 0 Å². The molecule has 1 aromatic carbocycles. The molecule has 0 radical (unpaired) electrons. The Morgan fingerprint density at radius 3 is 2.43 bits per heavy atom. The molecule has 0 aliphatic carbocycles. The molecule has 0 bridgehead atoms. The predicted molar refractivity (Wildman–Crippen MR) is 87.7 cm³/mol. The molecule has 0 saturated heterocycles. The highest BCUT2D eigenvalue weighted by molar-refractivity contribution is 7.12. The molecule has 1 aromatic heterocycles. The molecule has 0 atom stereocenters. The van der Waals surface area contributed by atoms with Crippen molar-refractivity contribution in [2.24, 2.45) is 0 Å². The molecule has 2 amide bonds. The van der Waals surface area contributed by atoms with E-state index in [4.69, 9.17) is 9.47 Å². The van der Waals surface area contributed by atoms with E-state index in [0.29, 0.717) is 36.0 Å². The van der Waals surface area contributed by atoms with E-state index < -0.39 is 5.91 Å². The Hall–Kier alpha value is -2.38. The molecule has 6 nitrogen and oxygen atoms in total. The molecule has 23 heavy (non-hydrogen) atoms. The number of benzene rings is 1. The van der Waals surface area contributed by atoms with Gasteiger partial charge in [0.25, 0.3) is 11.8 Å². The molecule has 122 valence electrons. The first-order valence-electron chi connectivity index (χ1n) is 7.15. The molecule has 0 unspecified atom stereocenters. The Morgan fingerprint density at radius 1 is 1.04 bits per heavy atom. The standard InChI is InChI=1S/C16H18N2O4S/c1-2-21-9-10-22-13-7-5-12(6-8-13)15(19)17-18-16(20)14-4-3-11-23-14/h3-8,11H,2,9-10H2,1H3,(H,17,19)(H,18,20). The van der Waals surface area contributed by atoms with Gasteiger partial charge >= 0.3 is 0 Å². The summed E-state index contributed by atoms with van der Waals surface area (Å²) in [6.45, 7) is 3.55. The molecular weight excluding hydrogens is 316 g/mol. The molecule has 0 aliphatic heterocycles. The third-order valence-electron chi connectivity index (χ3n) is 2.85. The number of hydrogen-bond acceptors (Lipinski definition) is 5. The van der Waals surface area contributed by atoms with Crippen LogP contribution in [-0.4, -0.2) is 31.6 Å². The van der Waals surface area contributed by atoms with Crippen LogP contribution in [0.1, 0.15) is 27.0 Å². The maximum absolute atomic E-state index is 11.9. The fourth-order valence-electron chi connectivity index (χ4n) is 1.72. The normalized spacial score (nSPS) is 10.1. The number of thiophene rings is 1. The van der Waals surface area contributed by atoms with Gasteiger partial charge in [-0.3, -0.25) is 20.4 Å². The first-order chi connectivity index (χ1) is 11.2. The van der Waals surface area contributed by atoms with Crippen molar-refractivity contribution >= 4 is 23.2 Å². The molecule has 7 heteroatoms. The Bertz CT molecular complexity index is 626. The summed E-state index contributed by atoms with van der Waals surface area (Å²) in [4.78, 5) is 24.2. The van der Waals surface area contributed by atoms with E-state index in [1.807, 2.05) is 6.92 Å². The SMILES string of the molecule is CCOCCOc1ccc(C(=O)NNC(=O)c2cccs2)cc1. The minimum absolute atomic E-state index is 0.343. The van der Waals surface area contributed by atoms with Gasteiger partial charge in [-0.25, -0.2) is 0 Å². The van der Waals surface area contributed by atoms with Crippen LogP contribution >= 0.6 is 11.3 Å². The zero-order chi connectivity index (χ0) is 16.5. The lowest BCUT2D eigenvalue weighted by molar-refractivity contribution is 0.0849. The zero-order valence-corrected chi connectivity index (χ0v) is 13.5. The number of amides is 2. The van der Waals surface area contributed by atoms with E-state index in [-0.39, 0.29) is 5.91 Å². The highest BCUT2D eigenvalue weighted by Gasteiger charge is 2.09. The van der Waals surface area contributed by atoms with Crippen molar-refractivity contribution in [3.63, 3.8) is 0 Å². The van der Waals surface area contributed by atoms with Gasteiger partial charge in [-0.1, -0.05) is 6.07 Å². The maximum atomic E-state index is 11.9. The van der Waals surface area contributed by atoms with Crippen LogP contribution < -0.4 is 15.6 Å². The largest absolute Gasteiger partial charge is 0.491 e. The summed E-state index contributed by atoms with van der Waals surface area (Å²) in [6.07, 6.45) is 0. The van der Waals surface area contributed by atoms with Crippen LogP contribution in [-0.2, 0) is 4.74 Å². The second-order valence-corrected chi connectivity index (χ2v) is 5.40. The Kier molecular flexibility index (Phi) is 6.58. The smallest absolute Gasteiger partial charge is 0.279 e. The first kappa shape index (κ1) is 17.0. The van der Waals surface area contributed by atoms with Gasteiger partial charge in [0.1, 0.15) is 12.4 Å². The van der Waals surface area contributed by atoms with Crippen LogP contribution in [0.5, 0.6) is 5.75 Å². The molecule has 0 aliphatic rings. The van der Waals surface area contributed by atoms with Crippen LogP contribution in [0.2, 0.25) is 0 Å². The van der Waals surface area contributed by atoms with Gasteiger partial charge in [0.15, 0.2) is 0 Å². The summed E-state index contributed by atoms with van der Waals surface area (Å²) in [5, 5.41) is 1.79. The Balaban J connectivity index is 1.79. The highest BCUT2D eigenvalue weighted by Crippen LogP contribution is 2.12. The Labute approximate surface area is 138 Å².